The molecule has 1 aliphatic heterocycles. The van der Waals surface area contributed by atoms with Gasteiger partial charge in [0.2, 0.25) is 0 Å². The average Bonchev–Trinajstić information content (AvgIpc) is 3.12. The molecule has 2 heterocycles. The average molecular weight is 309 g/mol. The largest absolute Gasteiger partial charge is 0.467 e. The van der Waals surface area contributed by atoms with E-state index in [2.05, 4.69) is 13.8 Å². The van der Waals surface area contributed by atoms with Gasteiger partial charge >= 0.3 is 5.97 Å². The van der Waals surface area contributed by atoms with Crippen LogP contribution in [-0.2, 0) is 22.4 Å². The Morgan fingerprint density at radius 1 is 1.43 bits per heavy atom. The summed E-state index contributed by atoms with van der Waals surface area (Å²) in [5.74, 6) is -0.327. The Bertz CT molecular complexity index is 524. The summed E-state index contributed by atoms with van der Waals surface area (Å²) in [6, 6.07) is 1.59. The molecule has 1 aromatic heterocycles. The summed E-state index contributed by atoms with van der Waals surface area (Å²) in [6.07, 6.45) is 4.60. The maximum absolute atomic E-state index is 12.7. The highest BCUT2D eigenvalue weighted by Gasteiger charge is 2.35. The van der Waals surface area contributed by atoms with E-state index in [9.17, 15) is 9.59 Å². The minimum Gasteiger partial charge on any atom is -0.467 e. The van der Waals surface area contributed by atoms with Crippen molar-refractivity contribution in [3.05, 3.63) is 21.4 Å². The number of hydrogen-bond acceptors (Lipinski definition) is 4. The Kier molecular flexibility index (Phi) is 5.39. The Morgan fingerprint density at radius 2 is 2.19 bits per heavy atom. The van der Waals surface area contributed by atoms with Crippen LogP contribution in [0, 0.1) is 0 Å². The number of amides is 1. The van der Waals surface area contributed by atoms with Crippen molar-refractivity contribution in [1.82, 2.24) is 4.90 Å². The number of likely N-dealkylation sites (tertiary alicyclic amines) is 1. The zero-order chi connectivity index (χ0) is 15.4. The minimum atomic E-state index is -0.413. The molecule has 1 aromatic rings. The first kappa shape index (κ1) is 16.0. The van der Waals surface area contributed by atoms with Crippen LogP contribution in [0.3, 0.4) is 0 Å². The van der Waals surface area contributed by atoms with E-state index in [0.717, 1.165) is 30.6 Å². The first-order chi connectivity index (χ1) is 10.1. The summed E-state index contributed by atoms with van der Waals surface area (Å²) < 4.78 is 4.81. The van der Waals surface area contributed by atoms with Crippen LogP contribution in [0.2, 0.25) is 0 Å². The molecular formula is C16H23NO3S. The molecule has 0 aliphatic carbocycles. The number of hydrogen-bond donors (Lipinski definition) is 0. The maximum Gasteiger partial charge on any atom is 0.328 e. The standard InChI is InChI=1S/C16H23NO3S/c1-4-7-13-11(5-2)10-14(21-13)15(18)17-9-6-8-12(17)16(19)20-3/h10,12H,4-9H2,1-3H3. The molecule has 1 atom stereocenters. The molecule has 1 amide bonds. The van der Waals surface area contributed by atoms with Gasteiger partial charge in [-0.1, -0.05) is 20.3 Å². The molecule has 0 aromatic carbocycles. The fourth-order valence-corrected chi connectivity index (χ4v) is 4.15. The van der Waals surface area contributed by atoms with Crippen LogP contribution in [0.15, 0.2) is 6.07 Å². The van der Waals surface area contributed by atoms with E-state index in [1.54, 1.807) is 16.2 Å². The van der Waals surface area contributed by atoms with Crippen LogP contribution >= 0.6 is 11.3 Å². The Labute approximate surface area is 130 Å². The summed E-state index contributed by atoms with van der Waals surface area (Å²) >= 11 is 1.58. The zero-order valence-corrected chi connectivity index (χ0v) is 13.8. The number of rotatable bonds is 5. The van der Waals surface area contributed by atoms with Gasteiger partial charge in [0.1, 0.15) is 6.04 Å². The second kappa shape index (κ2) is 7.07. The lowest BCUT2D eigenvalue weighted by Crippen LogP contribution is -2.40. The van der Waals surface area contributed by atoms with Crippen molar-refractivity contribution in [2.45, 2.75) is 52.0 Å². The Balaban J connectivity index is 2.21. The van der Waals surface area contributed by atoms with Gasteiger partial charge < -0.3 is 9.64 Å². The summed E-state index contributed by atoms with van der Waals surface area (Å²) in [7, 11) is 1.38. The first-order valence-corrected chi connectivity index (χ1v) is 8.44. The van der Waals surface area contributed by atoms with Gasteiger partial charge in [-0.25, -0.2) is 4.79 Å². The number of thiophene rings is 1. The van der Waals surface area contributed by atoms with Crippen molar-refractivity contribution in [3.8, 4) is 0 Å². The van der Waals surface area contributed by atoms with Crippen LogP contribution in [-0.4, -0.2) is 36.5 Å². The van der Waals surface area contributed by atoms with Gasteiger partial charge in [-0.2, -0.15) is 0 Å². The van der Waals surface area contributed by atoms with Crippen molar-refractivity contribution in [3.63, 3.8) is 0 Å². The molecule has 1 unspecified atom stereocenters. The molecule has 2 rings (SSSR count). The Hall–Kier alpha value is -1.36. The quantitative estimate of drug-likeness (QED) is 0.785. The van der Waals surface area contributed by atoms with Crippen LogP contribution in [0.5, 0.6) is 0 Å². The fourth-order valence-electron chi connectivity index (χ4n) is 2.84. The van der Waals surface area contributed by atoms with Gasteiger partial charge in [0.05, 0.1) is 12.0 Å². The van der Waals surface area contributed by atoms with E-state index < -0.39 is 6.04 Å². The molecule has 116 valence electrons. The topological polar surface area (TPSA) is 46.6 Å². The number of nitrogens with zero attached hydrogens (tertiary/aromatic N) is 1. The molecule has 1 saturated heterocycles. The molecule has 0 spiro atoms. The molecule has 0 saturated carbocycles. The molecule has 21 heavy (non-hydrogen) atoms. The number of methoxy groups -OCH3 is 1. The van der Waals surface area contributed by atoms with Gasteiger partial charge in [0.25, 0.3) is 5.91 Å². The molecule has 0 radical (unpaired) electrons. The van der Waals surface area contributed by atoms with Gasteiger partial charge in [-0.3, -0.25) is 4.79 Å². The van der Waals surface area contributed by atoms with Crippen molar-refractivity contribution >= 4 is 23.2 Å². The first-order valence-electron chi connectivity index (χ1n) is 7.62. The third kappa shape index (κ3) is 3.28. The molecule has 1 fully saturated rings. The van der Waals surface area contributed by atoms with Gasteiger partial charge in [0.15, 0.2) is 0 Å². The van der Waals surface area contributed by atoms with Gasteiger partial charge in [-0.05, 0) is 37.3 Å². The third-order valence-electron chi connectivity index (χ3n) is 3.95. The second-order valence-electron chi connectivity index (χ2n) is 5.34. The van der Waals surface area contributed by atoms with E-state index in [0.29, 0.717) is 13.0 Å². The van der Waals surface area contributed by atoms with Gasteiger partial charge in [0, 0.05) is 11.4 Å². The summed E-state index contributed by atoms with van der Waals surface area (Å²) in [4.78, 5) is 28.2. The predicted octanol–water partition coefficient (Wildman–Crippen LogP) is 3.04. The lowest BCUT2D eigenvalue weighted by atomic mass is 10.1. The molecule has 0 bridgehead atoms. The SMILES string of the molecule is CCCc1sc(C(=O)N2CCCC2C(=O)OC)cc1CC. The van der Waals surface area contributed by atoms with E-state index in [1.165, 1.54) is 17.6 Å². The van der Waals surface area contributed by atoms with Crippen molar-refractivity contribution in [2.24, 2.45) is 0 Å². The summed E-state index contributed by atoms with van der Waals surface area (Å²) in [5.41, 5.74) is 1.26. The lowest BCUT2D eigenvalue weighted by molar-refractivity contribution is -0.145. The maximum atomic E-state index is 12.7. The summed E-state index contributed by atoms with van der Waals surface area (Å²) in [6.45, 7) is 4.90. The number of carbonyl (C=O) groups is 2. The van der Waals surface area contributed by atoms with Gasteiger partial charge in [-0.15, -0.1) is 11.3 Å². The van der Waals surface area contributed by atoms with Crippen LogP contribution in [0.1, 0.15) is 53.2 Å². The zero-order valence-electron chi connectivity index (χ0n) is 13.0. The highest BCUT2D eigenvalue weighted by molar-refractivity contribution is 7.14. The van der Waals surface area contributed by atoms with E-state index >= 15 is 0 Å². The molecule has 5 heteroatoms. The predicted molar refractivity (Wildman–Crippen MR) is 83.8 cm³/mol. The second-order valence-corrected chi connectivity index (χ2v) is 6.48. The van der Waals surface area contributed by atoms with Crippen molar-refractivity contribution in [1.29, 1.82) is 0 Å². The van der Waals surface area contributed by atoms with Crippen LogP contribution < -0.4 is 0 Å². The number of ether oxygens (including phenoxy) is 1. The van der Waals surface area contributed by atoms with E-state index in [-0.39, 0.29) is 11.9 Å². The van der Waals surface area contributed by atoms with Crippen LogP contribution in [0.4, 0.5) is 0 Å². The fraction of sp³-hybridized carbons (Fsp3) is 0.625. The Morgan fingerprint density at radius 3 is 2.81 bits per heavy atom. The van der Waals surface area contributed by atoms with Crippen molar-refractivity contribution in [2.75, 3.05) is 13.7 Å². The number of aryl methyl sites for hydroxylation is 2. The normalized spacial score (nSPS) is 18.0. The molecular weight excluding hydrogens is 286 g/mol. The molecule has 1 aliphatic rings. The number of carbonyl (C=O) groups excluding carboxylic acids is 2. The smallest absolute Gasteiger partial charge is 0.328 e. The van der Waals surface area contributed by atoms with Crippen LogP contribution in [0.25, 0.3) is 0 Å². The van der Waals surface area contributed by atoms with E-state index in [1.807, 2.05) is 6.07 Å². The monoisotopic (exact) mass is 309 g/mol. The highest BCUT2D eigenvalue weighted by atomic mass is 32.1. The van der Waals surface area contributed by atoms with E-state index in [4.69, 9.17) is 4.74 Å². The number of esters is 1. The summed E-state index contributed by atoms with van der Waals surface area (Å²) in [5, 5.41) is 0. The third-order valence-corrected chi connectivity index (χ3v) is 5.18. The molecule has 4 nitrogen and oxygen atoms in total. The minimum absolute atomic E-state index is 0.0232. The molecule has 0 N–H and O–H groups in total. The lowest BCUT2D eigenvalue weighted by Gasteiger charge is -2.21. The van der Waals surface area contributed by atoms with Crippen molar-refractivity contribution < 1.29 is 14.3 Å². The highest BCUT2D eigenvalue weighted by Crippen LogP contribution is 2.28.